The number of hydrogen-bond donors (Lipinski definition) is 2. The second kappa shape index (κ2) is 4.13. The molecule has 0 saturated carbocycles. The van der Waals surface area contributed by atoms with Crippen LogP contribution in [-0.2, 0) is 0 Å². The zero-order valence-corrected chi connectivity index (χ0v) is 8.10. The van der Waals surface area contributed by atoms with Crippen molar-refractivity contribution in [2.75, 3.05) is 19.6 Å². The third-order valence-electron chi connectivity index (χ3n) is 2.73. The van der Waals surface area contributed by atoms with E-state index in [1.54, 1.807) is 6.26 Å². The van der Waals surface area contributed by atoms with E-state index >= 15 is 0 Å². The summed E-state index contributed by atoms with van der Waals surface area (Å²) in [5.74, 6) is 0.890. The Hall–Kier alpha value is -0.840. The topological polar surface area (TPSA) is 62.6 Å². The van der Waals surface area contributed by atoms with Crippen LogP contribution in [0.2, 0.25) is 0 Å². The van der Waals surface area contributed by atoms with Crippen LogP contribution in [0, 0.1) is 0 Å². The summed E-state index contributed by atoms with van der Waals surface area (Å²) >= 11 is 0. The Morgan fingerprint density at radius 1 is 1.71 bits per heavy atom. The smallest absolute Gasteiger partial charge is 0.122 e. The first kappa shape index (κ1) is 9.71. The Labute approximate surface area is 83.3 Å². The minimum atomic E-state index is -0.209. The Morgan fingerprint density at radius 3 is 3.07 bits per heavy atom. The summed E-state index contributed by atoms with van der Waals surface area (Å²) in [6.07, 6.45) is 2.28. The Morgan fingerprint density at radius 2 is 2.57 bits per heavy atom. The van der Waals surface area contributed by atoms with Crippen molar-refractivity contribution < 1.29 is 9.52 Å². The molecule has 1 aromatic rings. The lowest BCUT2D eigenvalue weighted by atomic mass is 10.2. The highest BCUT2D eigenvalue weighted by Crippen LogP contribution is 2.24. The van der Waals surface area contributed by atoms with E-state index in [2.05, 4.69) is 4.90 Å². The third-order valence-corrected chi connectivity index (χ3v) is 2.73. The molecule has 4 nitrogen and oxygen atoms in total. The predicted octanol–water partition coefficient (Wildman–Crippen LogP) is 0.346. The predicted molar refractivity (Wildman–Crippen MR) is 52.7 cm³/mol. The van der Waals surface area contributed by atoms with Crippen molar-refractivity contribution in [3.8, 4) is 0 Å². The fourth-order valence-corrected chi connectivity index (χ4v) is 1.98. The zero-order chi connectivity index (χ0) is 9.97. The number of nitrogens with two attached hydrogens (primary N) is 1. The van der Waals surface area contributed by atoms with Gasteiger partial charge in [-0.05, 0) is 18.6 Å². The van der Waals surface area contributed by atoms with Crippen molar-refractivity contribution in [3.63, 3.8) is 0 Å². The summed E-state index contributed by atoms with van der Waals surface area (Å²) < 4.78 is 5.33. The molecule has 2 heterocycles. The summed E-state index contributed by atoms with van der Waals surface area (Å²) in [7, 11) is 0. The molecule has 1 saturated heterocycles. The van der Waals surface area contributed by atoms with Crippen LogP contribution in [0.1, 0.15) is 18.2 Å². The van der Waals surface area contributed by atoms with Gasteiger partial charge in [0.1, 0.15) is 5.76 Å². The molecule has 0 aliphatic carbocycles. The minimum Gasteiger partial charge on any atom is -0.468 e. The maximum Gasteiger partial charge on any atom is 0.122 e. The molecule has 4 heteroatoms. The molecule has 0 amide bonds. The average Bonchev–Trinajstić information content (AvgIpc) is 2.79. The van der Waals surface area contributed by atoms with Crippen molar-refractivity contribution in [3.05, 3.63) is 24.2 Å². The fraction of sp³-hybridized carbons (Fsp3) is 0.600. The highest BCUT2D eigenvalue weighted by Gasteiger charge is 2.28. The van der Waals surface area contributed by atoms with Crippen molar-refractivity contribution in [2.24, 2.45) is 5.73 Å². The Kier molecular flexibility index (Phi) is 2.86. The lowest BCUT2D eigenvalue weighted by molar-refractivity contribution is 0.153. The molecular weight excluding hydrogens is 180 g/mol. The molecule has 1 aromatic heterocycles. The van der Waals surface area contributed by atoms with Gasteiger partial charge in [0.25, 0.3) is 0 Å². The van der Waals surface area contributed by atoms with E-state index in [9.17, 15) is 5.11 Å². The van der Waals surface area contributed by atoms with E-state index in [1.165, 1.54) is 0 Å². The quantitative estimate of drug-likeness (QED) is 0.732. The lowest BCUT2D eigenvalue weighted by Crippen LogP contribution is -2.32. The first-order valence-electron chi connectivity index (χ1n) is 4.97. The molecule has 1 fully saturated rings. The van der Waals surface area contributed by atoms with Crippen LogP contribution >= 0.6 is 0 Å². The molecule has 2 atom stereocenters. The van der Waals surface area contributed by atoms with E-state index < -0.39 is 0 Å². The van der Waals surface area contributed by atoms with Gasteiger partial charge in [-0.25, -0.2) is 0 Å². The first-order chi connectivity index (χ1) is 6.81. The van der Waals surface area contributed by atoms with Gasteiger partial charge >= 0.3 is 0 Å². The van der Waals surface area contributed by atoms with Gasteiger partial charge in [-0.1, -0.05) is 0 Å². The van der Waals surface area contributed by atoms with Gasteiger partial charge in [0.05, 0.1) is 18.4 Å². The molecule has 0 radical (unpaired) electrons. The van der Waals surface area contributed by atoms with Gasteiger partial charge in [-0.3, -0.25) is 4.90 Å². The summed E-state index contributed by atoms with van der Waals surface area (Å²) in [6, 6.07) is 3.91. The van der Waals surface area contributed by atoms with Crippen LogP contribution < -0.4 is 5.73 Å². The van der Waals surface area contributed by atoms with Gasteiger partial charge in [0.2, 0.25) is 0 Å². The molecule has 0 aromatic carbocycles. The molecule has 1 aliphatic heterocycles. The molecule has 1 aliphatic rings. The van der Waals surface area contributed by atoms with Gasteiger partial charge in [-0.2, -0.15) is 0 Å². The highest BCUT2D eigenvalue weighted by atomic mass is 16.3. The summed E-state index contributed by atoms with van der Waals surface area (Å²) in [6.45, 7) is 2.12. The van der Waals surface area contributed by atoms with Crippen LogP contribution in [0.5, 0.6) is 0 Å². The first-order valence-corrected chi connectivity index (χ1v) is 4.97. The van der Waals surface area contributed by atoms with Crippen LogP contribution in [0.3, 0.4) is 0 Å². The van der Waals surface area contributed by atoms with Crippen molar-refractivity contribution in [2.45, 2.75) is 18.6 Å². The standard InChI is InChI=1S/C10H16N2O2/c11-6-9(10-2-1-5-14-10)12-4-3-8(13)7-12/h1-2,5,8-9,13H,3-4,6-7,11H2. The minimum absolute atomic E-state index is 0.113. The van der Waals surface area contributed by atoms with Gasteiger partial charge in [0, 0.05) is 19.6 Å². The summed E-state index contributed by atoms with van der Waals surface area (Å²) in [4.78, 5) is 2.17. The molecule has 0 bridgehead atoms. The second-order valence-corrected chi connectivity index (χ2v) is 3.70. The fourth-order valence-electron chi connectivity index (χ4n) is 1.98. The van der Waals surface area contributed by atoms with Crippen LogP contribution in [0.25, 0.3) is 0 Å². The number of hydrogen-bond acceptors (Lipinski definition) is 4. The zero-order valence-electron chi connectivity index (χ0n) is 8.10. The number of nitrogens with zero attached hydrogens (tertiary/aromatic N) is 1. The number of aliphatic hydroxyl groups is 1. The SMILES string of the molecule is NCC(c1ccco1)N1CCC(O)C1. The molecule has 14 heavy (non-hydrogen) atoms. The molecule has 3 N–H and O–H groups in total. The molecule has 78 valence electrons. The summed E-state index contributed by atoms with van der Waals surface area (Å²) in [5.41, 5.74) is 5.71. The Bertz CT molecular complexity index is 274. The number of aliphatic hydroxyl groups excluding tert-OH is 1. The third kappa shape index (κ3) is 1.82. The average molecular weight is 196 g/mol. The number of β-amino-alcohol motifs (C(OH)–C–C–N with tert-alkyl or cyclic N) is 1. The van der Waals surface area contributed by atoms with E-state index in [-0.39, 0.29) is 12.1 Å². The highest BCUT2D eigenvalue weighted by molar-refractivity contribution is 5.06. The monoisotopic (exact) mass is 196 g/mol. The summed E-state index contributed by atoms with van der Waals surface area (Å²) in [5, 5.41) is 9.43. The van der Waals surface area contributed by atoms with Gasteiger partial charge in [-0.15, -0.1) is 0 Å². The van der Waals surface area contributed by atoms with Gasteiger partial charge < -0.3 is 15.3 Å². The van der Waals surface area contributed by atoms with Gasteiger partial charge in [0.15, 0.2) is 0 Å². The lowest BCUT2D eigenvalue weighted by Gasteiger charge is -2.24. The number of rotatable bonds is 3. The van der Waals surface area contributed by atoms with Crippen LogP contribution in [-0.4, -0.2) is 35.7 Å². The normalized spacial score (nSPS) is 25.4. The van der Waals surface area contributed by atoms with E-state index in [4.69, 9.17) is 10.2 Å². The van der Waals surface area contributed by atoms with Crippen LogP contribution in [0.15, 0.2) is 22.8 Å². The number of likely N-dealkylation sites (tertiary alicyclic amines) is 1. The number of furan rings is 1. The van der Waals surface area contributed by atoms with E-state index in [0.717, 1.165) is 18.7 Å². The molecule has 2 unspecified atom stereocenters. The van der Waals surface area contributed by atoms with E-state index in [0.29, 0.717) is 13.1 Å². The molecule has 2 rings (SSSR count). The molecular formula is C10H16N2O2. The van der Waals surface area contributed by atoms with Crippen molar-refractivity contribution >= 4 is 0 Å². The second-order valence-electron chi connectivity index (χ2n) is 3.70. The van der Waals surface area contributed by atoms with Crippen molar-refractivity contribution in [1.82, 2.24) is 4.90 Å². The van der Waals surface area contributed by atoms with Crippen molar-refractivity contribution in [1.29, 1.82) is 0 Å². The largest absolute Gasteiger partial charge is 0.468 e. The maximum absolute atomic E-state index is 9.43. The van der Waals surface area contributed by atoms with Crippen LogP contribution in [0.4, 0.5) is 0 Å². The van der Waals surface area contributed by atoms with E-state index in [1.807, 2.05) is 12.1 Å². The Balaban J connectivity index is 2.07. The molecule has 0 spiro atoms. The maximum atomic E-state index is 9.43.